The third-order valence-electron chi connectivity index (χ3n) is 5.39. The van der Waals surface area contributed by atoms with Gasteiger partial charge in [0.1, 0.15) is 5.82 Å². The smallest absolute Gasteiger partial charge is 0.229 e. The van der Waals surface area contributed by atoms with E-state index in [2.05, 4.69) is 26.2 Å². The van der Waals surface area contributed by atoms with Crippen molar-refractivity contribution in [3.63, 3.8) is 0 Å². The lowest BCUT2D eigenvalue weighted by Crippen LogP contribution is -2.49. The van der Waals surface area contributed by atoms with E-state index in [9.17, 15) is 0 Å². The Morgan fingerprint density at radius 1 is 1.17 bits per heavy atom. The minimum absolute atomic E-state index is 0.570. The van der Waals surface area contributed by atoms with E-state index in [0.29, 0.717) is 24.0 Å². The molecular weight excluding hydrogens is 398 g/mol. The SMILES string of the molecule is CCC(=N)N1CCN(c2nc(NCc3ccc(C)cc3Cl)c3cccnc3n2)CC1. The average Bonchev–Trinajstić information content (AvgIpc) is 2.77. The van der Waals surface area contributed by atoms with Gasteiger partial charge in [0, 0.05) is 50.4 Å². The third kappa shape index (κ3) is 4.31. The van der Waals surface area contributed by atoms with Crippen LogP contribution in [0.4, 0.5) is 11.8 Å². The van der Waals surface area contributed by atoms with Crippen LogP contribution in [0, 0.1) is 12.3 Å². The molecule has 0 bridgehead atoms. The molecule has 30 heavy (non-hydrogen) atoms. The molecule has 2 N–H and O–H groups in total. The van der Waals surface area contributed by atoms with Gasteiger partial charge < -0.3 is 15.1 Å². The fourth-order valence-corrected chi connectivity index (χ4v) is 3.90. The second-order valence-corrected chi connectivity index (χ2v) is 7.88. The molecule has 156 valence electrons. The summed E-state index contributed by atoms with van der Waals surface area (Å²) >= 11 is 6.40. The van der Waals surface area contributed by atoms with Crippen LogP contribution in [-0.4, -0.2) is 51.9 Å². The van der Waals surface area contributed by atoms with Crippen LogP contribution >= 0.6 is 11.6 Å². The Bertz CT molecular complexity index is 1060. The highest BCUT2D eigenvalue weighted by Crippen LogP contribution is 2.25. The summed E-state index contributed by atoms with van der Waals surface area (Å²) < 4.78 is 0. The summed E-state index contributed by atoms with van der Waals surface area (Å²) in [5.74, 6) is 2.11. The van der Waals surface area contributed by atoms with Crippen LogP contribution < -0.4 is 10.2 Å². The molecule has 7 nitrogen and oxygen atoms in total. The molecule has 1 aromatic carbocycles. The number of pyridine rings is 1. The topological polar surface area (TPSA) is 81.0 Å². The largest absolute Gasteiger partial charge is 0.365 e. The number of nitrogens with zero attached hydrogens (tertiary/aromatic N) is 5. The Kier molecular flexibility index (Phi) is 5.99. The maximum atomic E-state index is 8.06. The van der Waals surface area contributed by atoms with Crippen LogP contribution in [0.25, 0.3) is 11.0 Å². The van der Waals surface area contributed by atoms with Crippen molar-refractivity contribution in [1.29, 1.82) is 5.41 Å². The predicted molar refractivity (Wildman–Crippen MR) is 123 cm³/mol. The fourth-order valence-electron chi connectivity index (χ4n) is 3.60. The number of amidine groups is 1. The van der Waals surface area contributed by atoms with Crippen molar-refractivity contribution in [3.8, 4) is 0 Å². The first kappa shape index (κ1) is 20.3. The second-order valence-electron chi connectivity index (χ2n) is 7.47. The maximum absolute atomic E-state index is 8.06. The van der Waals surface area contributed by atoms with E-state index in [1.165, 1.54) is 0 Å². The molecule has 2 aromatic heterocycles. The number of benzene rings is 1. The number of hydrogen-bond donors (Lipinski definition) is 2. The second kappa shape index (κ2) is 8.83. The molecule has 0 radical (unpaired) electrons. The van der Waals surface area contributed by atoms with Crippen LogP contribution in [0.1, 0.15) is 24.5 Å². The van der Waals surface area contributed by atoms with E-state index in [1.54, 1.807) is 6.20 Å². The van der Waals surface area contributed by atoms with Crippen molar-refractivity contribution in [2.75, 3.05) is 36.4 Å². The van der Waals surface area contributed by atoms with Gasteiger partial charge in [0.05, 0.1) is 11.2 Å². The van der Waals surface area contributed by atoms with Crippen LogP contribution in [0.2, 0.25) is 5.02 Å². The number of fused-ring (bicyclic) bond motifs is 1. The van der Waals surface area contributed by atoms with Crippen molar-refractivity contribution in [3.05, 3.63) is 52.7 Å². The molecule has 1 saturated heterocycles. The summed E-state index contributed by atoms with van der Waals surface area (Å²) in [7, 11) is 0. The van der Waals surface area contributed by atoms with Gasteiger partial charge in [-0.05, 0) is 36.2 Å². The molecule has 3 heterocycles. The fraction of sp³-hybridized carbons (Fsp3) is 0.364. The van der Waals surface area contributed by atoms with E-state index in [1.807, 2.05) is 38.1 Å². The number of rotatable bonds is 5. The number of piperazine rings is 1. The summed E-state index contributed by atoms with van der Waals surface area (Å²) in [4.78, 5) is 18.3. The Labute approximate surface area is 181 Å². The summed E-state index contributed by atoms with van der Waals surface area (Å²) in [6.45, 7) is 7.79. The Balaban J connectivity index is 1.58. The van der Waals surface area contributed by atoms with Gasteiger partial charge in [-0.25, -0.2) is 4.98 Å². The first-order valence-electron chi connectivity index (χ1n) is 10.2. The van der Waals surface area contributed by atoms with Crippen molar-refractivity contribution >= 4 is 40.2 Å². The Morgan fingerprint density at radius 2 is 1.97 bits per heavy atom. The van der Waals surface area contributed by atoms with Crippen LogP contribution in [0.15, 0.2) is 36.5 Å². The number of nitrogens with one attached hydrogen (secondary N) is 2. The molecule has 3 aromatic rings. The van der Waals surface area contributed by atoms with Gasteiger partial charge in [0.2, 0.25) is 5.95 Å². The monoisotopic (exact) mass is 423 g/mol. The van der Waals surface area contributed by atoms with Crippen LogP contribution in [-0.2, 0) is 6.54 Å². The van der Waals surface area contributed by atoms with E-state index in [-0.39, 0.29) is 0 Å². The number of anilines is 2. The molecular formula is C22H26ClN7. The molecule has 0 aliphatic carbocycles. The van der Waals surface area contributed by atoms with Gasteiger partial charge in [-0.3, -0.25) is 5.41 Å². The zero-order valence-electron chi connectivity index (χ0n) is 17.3. The zero-order valence-corrected chi connectivity index (χ0v) is 18.1. The summed E-state index contributed by atoms with van der Waals surface area (Å²) in [6.07, 6.45) is 2.51. The first-order chi connectivity index (χ1) is 14.5. The van der Waals surface area contributed by atoms with Crippen molar-refractivity contribution in [2.24, 2.45) is 0 Å². The third-order valence-corrected chi connectivity index (χ3v) is 5.75. The maximum Gasteiger partial charge on any atom is 0.229 e. The number of hydrogen-bond acceptors (Lipinski definition) is 6. The zero-order chi connectivity index (χ0) is 21.1. The Hall–Kier alpha value is -2.93. The molecule has 0 saturated carbocycles. The highest BCUT2D eigenvalue weighted by molar-refractivity contribution is 6.31. The molecule has 8 heteroatoms. The normalized spacial score (nSPS) is 14.2. The molecule has 0 atom stereocenters. The minimum Gasteiger partial charge on any atom is -0.365 e. The molecule has 1 aliphatic rings. The standard InChI is InChI=1S/C22H26ClN7/c1-3-19(24)29-9-11-30(12-10-29)22-27-20-17(5-4-8-25-20)21(28-22)26-14-16-7-6-15(2)13-18(16)23/h4-8,13,24H,3,9-12,14H2,1-2H3,(H,25,26,27,28). The molecule has 0 unspecified atom stereocenters. The number of aryl methyl sites for hydroxylation is 1. The van der Waals surface area contributed by atoms with Crippen molar-refractivity contribution < 1.29 is 0 Å². The van der Waals surface area contributed by atoms with Gasteiger partial charge in [-0.15, -0.1) is 0 Å². The molecule has 1 fully saturated rings. The van der Waals surface area contributed by atoms with Crippen molar-refractivity contribution in [1.82, 2.24) is 19.9 Å². The van der Waals surface area contributed by atoms with Gasteiger partial charge in [0.15, 0.2) is 5.65 Å². The van der Waals surface area contributed by atoms with E-state index in [0.717, 1.165) is 60.0 Å². The van der Waals surface area contributed by atoms with Crippen LogP contribution in [0.5, 0.6) is 0 Å². The van der Waals surface area contributed by atoms with E-state index in [4.69, 9.17) is 27.0 Å². The van der Waals surface area contributed by atoms with E-state index >= 15 is 0 Å². The average molecular weight is 424 g/mol. The van der Waals surface area contributed by atoms with E-state index < -0.39 is 0 Å². The highest BCUT2D eigenvalue weighted by atomic mass is 35.5. The lowest BCUT2D eigenvalue weighted by molar-refractivity contribution is 0.375. The quantitative estimate of drug-likeness (QED) is 0.474. The lowest BCUT2D eigenvalue weighted by Gasteiger charge is -2.36. The number of aromatic nitrogens is 3. The summed E-state index contributed by atoms with van der Waals surface area (Å²) in [5, 5.41) is 13.1. The molecule has 0 spiro atoms. The predicted octanol–water partition coefficient (Wildman–Crippen LogP) is 4.11. The van der Waals surface area contributed by atoms with Gasteiger partial charge in [-0.1, -0.05) is 30.7 Å². The van der Waals surface area contributed by atoms with Crippen LogP contribution in [0.3, 0.4) is 0 Å². The molecule has 4 rings (SSSR count). The van der Waals surface area contributed by atoms with Gasteiger partial charge >= 0.3 is 0 Å². The van der Waals surface area contributed by atoms with Crippen molar-refractivity contribution in [2.45, 2.75) is 26.8 Å². The van der Waals surface area contributed by atoms with Gasteiger partial charge in [0.25, 0.3) is 0 Å². The lowest BCUT2D eigenvalue weighted by atomic mass is 10.1. The number of halogens is 1. The Morgan fingerprint density at radius 3 is 2.70 bits per heavy atom. The minimum atomic E-state index is 0.570. The molecule has 0 amide bonds. The van der Waals surface area contributed by atoms with Gasteiger partial charge in [-0.2, -0.15) is 9.97 Å². The molecule has 1 aliphatic heterocycles. The highest BCUT2D eigenvalue weighted by Gasteiger charge is 2.21. The summed E-state index contributed by atoms with van der Waals surface area (Å²) in [6, 6.07) is 9.93. The summed E-state index contributed by atoms with van der Waals surface area (Å²) in [5.41, 5.74) is 2.83. The first-order valence-corrected chi connectivity index (χ1v) is 10.6.